The Balaban J connectivity index is 1.40. The van der Waals surface area contributed by atoms with E-state index in [1.807, 2.05) is 17.9 Å². The van der Waals surface area contributed by atoms with E-state index in [0.717, 1.165) is 26.2 Å². The number of nitrogens with zero attached hydrogens (tertiary/aromatic N) is 6. The SMILES string of the molecule is Cc1nc(N2CCN(C)CC2)ncc1C(=O)N1CCN(c2ccccc2F)CC1. The van der Waals surface area contributed by atoms with Gasteiger partial charge in [-0.15, -0.1) is 0 Å². The Morgan fingerprint density at radius 1 is 0.966 bits per heavy atom. The summed E-state index contributed by atoms with van der Waals surface area (Å²) in [5, 5.41) is 0. The summed E-state index contributed by atoms with van der Waals surface area (Å²) in [5.41, 5.74) is 1.84. The van der Waals surface area contributed by atoms with Crippen molar-refractivity contribution in [1.82, 2.24) is 19.8 Å². The Bertz CT molecular complexity index is 875. The van der Waals surface area contributed by atoms with Crippen molar-refractivity contribution in [1.29, 1.82) is 0 Å². The lowest BCUT2D eigenvalue weighted by atomic mass is 10.2. The smallest absolute Gasteiger partial charge is 0.257 e. The number of piperazine rings is 2. The van der Waals surface area contributed by atoms with Gasteiger partial charge in [0.25, 0.3) is 5.91 Å². The van der Waals surface area contributed by atoms with Gasteiger partial charge in [-0.25, -0.2) is 14.4 Å². The summed E-state index contributed by atoms with van der Waals surface area (Å²) in [6.07, 6.45) is 1.65. The van der Waals surface area contributed by atoms with Crippen LogP contribution in [-0.4, -0.2) is 85.1 Å². The molecule has 2 saturated heterocycles. The molecule has 4 rings (SSSR count). The predicted molar refractivity (Wildman–Crippen MR) is 111 cm³/mol. The molecule has 2 fully saturated rings. The third-order valence-electron chi connectivity index (χ3n) is 5.74. The molecule has 0 unspecified atom stereocenters. The average molecular weight is 398 g/mol. The molecule has 29 heavy (non-hydrogen) atoms. The van der Waals surface area contributed by atoms with Gasteiger partial charge in [-0.2, -0.15) is 0 Å². The molecule has 2 aliphatic heterocycles. The van der Waals surface area contributed by atoms with Crippen LogP contribution in [-0.2, 0) is 0 Å². The van der Waals surface area contributed by atoms with Crippen molar-refractivity contribution in [3.8, 4) is 0 Å². The third-order valence-corrected chi connectivity index (χ3v) is 5.74. The average Bonchev–Trinajstić information content (AvgIpc) is 2.74. The number of hydrogen-bond donors (Lipinski definition) is 0. The van der Waals surface area contributed by atoms with Gasteiger partial charge in [0, 0.05) is 58.6 Å². The first-order valence-electron chi connectivity index (χ1n) is 10.1. The number of amides is 1. The predicted octanol–water partition coefficient (Wildman–Crippen LogP) is 1.64. The van der Waals surface area contributed by atoms with Crippen LogP contribution in [0.15, 0.2) is 30.5 Å². The van der Waals surface area contributed by atoms with Crippen LogP contribution in [0, 0.1) is 12.7 Å². The normalized spacial score (nSPS) is 18.2. The molecule has 1 aromatic carbocycles. The van der Waals surface area contributed by atoms with E-state index in [2.05, 4.69) is 26.8 Å². The summed E-state index contributed by atoms with van der Waals surface area (Å²) in [6, 6.07) is 6.77. The fraction of sp³-hybridized carbons (Fsp3) is 0.476. The number of hydrogen-bond acceptors (Lipinski definition) is 6. The molecule has 0 spiro atoms. The first kappa shape index (κ1) is 19.6. The highest BCUT2D eigenvalue weighted by molar-refractivity contribution is 5.95. The molecular formula is C21H27FN6O. The Morgan fingerprint density at radius 3 is 2.28 bits per heavy atom. The number of aryl methyl sites for hydroxylation is 1. The molecule has 3 heterocycles. The number of para-hydroxylation sites is 1. The second-order valence-corrected chi connectivity index (χ2v) is 7.69. The molecule has 0 aliphatic carbocycles. The van der Waals surface area contributed by atoms with Crippen LogP contribution in [0.5, 0.6) is 0 Å². The molecule has 0 saturated carbocycles. The lowest BCUT2D eigenvalue weighted by Gasteiger charge is -2.36. The molecule has 1 aromatic heterocycles. The Hall–Kier alpha value is -2.74. The lowest BCUT2D eigenvalue weighted by molar-refractivity contribution is 0.0745. The minimum atomic E-state index is -0.226. The molecule has 2 aromatic rings. The maximum Gasteiger partial charge on any atom is 0.257 e. The highest BCUT2D eigenvalue weighted by Crippen LogP contribution is 2.21. The molecule has 7 nitrogen and oxygen atoms in total. The van der Waals surface area contributed by atoms with Crippen molar-refractivity contribution in [2.45, 2.75) is 6.92 Å². The second-order valence-electron chi connectivity index (χ2n) is 7.69. The molecule has 0 bridgehead atoms. The summed E-state index contributed by atoms with van der Waals surface area (Å²) in [7, 11) is 2.11. The van der Waals surface area contributed by atoms with Crippen LogP contribution in [0.4, 0.5) is 16.0 Å². The fourth-order valence-corrected chi connectivity index (χ4v) is 3.85. The van der Waals surface area contributed by atoms with Crippen LogP contribution in [0.2, 0.25) is 0 Å². The van der Waals surface area contributed by atoms with Crippen molar-refractivity contribution in [3.05, 3.63) is 47.5 Å². The maximum absolute atomic E-state index is 14.0. The van der Waals surface area contributed by atoms with E-state index in [1.165, 1.54) is 6.07 Å². The standard InChI is InChI=1S/C21H27FN6O/c1-16-17(15-23-21(24-16)28-9-7-25(2)8-10-28)20(29)27-13-11-26(12-14-27)19-6-4-3-5-18(19)22/h3-6,15H,7-14H2,1-2H3. The zero-order chi connectivity index (χ0) is 20.4. The summed E-state index contributed by atoms with van der Waals surface area (Å²) in [6.45, 7) is 7.91. The van der Waals surface area contributed by atoms with Crippen LogP contribution < -0.4 is 9.80 Å². The molecule has 154 valence electrons. The number of likely N-dealkylation sites (N-methyl/N-ethyl adjacent to an activating group) is 1. The zero-order valence-corrected chi connectivity index (χ0v) is 17.0. The number of rotatable bonds is 3. The maximum atomic E-state index is 14.0. The number of halogens is 1. The van der Waals surface area contributed by atoms with Gasteiger partial charge in [0.05, 0.1) is 16.9 Å². The molecular weight excluding hydrogens is 371 g/mol. The molecule has 0 N–H and O–H groups in total. The summed E-state index contributed by atoms with van der Waals surface area (Å²) >= 11 is 0. The first-order chi connectivity index (χ1) is 14.0. The molecule has 0 radical (unpaired) electrons. The number of anilines is 2. The topological polar surface area (TPSA) is 55.8 Å². The van der Waals surface area contributed by atoms with Gasteiger partial charge in [-0.05, 0) is 26.1 Å². The van der Waals surface area contributed by atoms with Crippen LogP contribution in [0.1, 0.15) is 16.1 Å². The summed E-state index contributed by atoms with van der Waals surface area (Å²) in [4.78, 5) is 30.3. The lowest BCUT2D eigenvalue weighted by Crippen LogP contribution is -2.49. The van der Waals surface area contributed by atoms with Gasteiger partial charge in [0.1, 0.15) is 5.82 Å². The van der Waals surface area contributed by atoms with Gasteiger partial charge in [-0.3, -0.25) is 4.79 Å². The van der Waals surface area contributed by atoms with Crippen LogP contribution >= 0.6 is 0 Å². The number of aromatic nitrogens is 2. The number of benzene rings is 1. The fourth-order valence-electron chi connectivity index (χ4n) is 3.85. The van der Waals surface area contributed by atoms with Crippen LogP contribution in [0.3, 0.4) is 0 Å². The highest BCUT2D eigenvalue weighted by atomic mass is 19.1. The van der Waals surface area contributed by atoms with E-state index < -0.39 is 0 Å². The minimum absolute atomic E-state index is 0.0550. The van der Waals surface area contributed by atoms with Gasteiger partial charge in [-0.1, -0.05) is 12.1 Å². The number of carbonyl (C=O) groups is 1. The molecule has 8 heteroatoms. The van der Waals surface area contributed by atoms with Gasteiger partial charge in [0.2, 0.25) is 5.95 Å². The van der Waals surface area contributed by atoms with Gasteiger partial charge >= 0.3 is 0 Å². The Labute approximate surface area is 170 Å². The highest BCUT2D eigenvalue weighted by Gasteiger charge is 2.26. The van der Waals surface area contributed by atoms with Crippen molar-refractivity contribution in [2.24, 2.45) is 0 Å². The molecule has 0 atom stereocenters. The number of carbonyl (C=O) groups excluding carboxylic acids is 1. The Kier molecular flexibility index (Phi) is 5.62. The van der Waals surface area contributed by atoms with Crippen LogP contribution in [0.25, 0.3) is 0 Å². The van der Waals surface area contributed by atoms with Crippen molar-refractivity contribution < 1.29 is 9.18 Å². The summed E-state index contributed by atoms with van der Waals surface area (Å²) in [5.74, 6) is 0.410. The van der Waals surface area contributed by atoms with E-state index in [9.17, 15) is 9.18 Å². The third kappa shape index (κ3) is 4.17. The van der Waals surface area contributed by atoms with Crippen molar-refractivity contribution in [3.63, 3.8) is 0 Å². The molecule has 1 amide bonds. The second kappa shape index (κ2) is 8.32. The summed E-state index contributed by atoms with van der Waals surface area (Å²) < 4.78 is 14.0. The quantitative estimate of drug-likeness (QED) is 0.784. The Morgan fingerprint density at radius 2 is 1.62 bits per heavy atom. The van der Waals surface area contributed by atoms with E-state index in [1.54, 1.807) is 23.2 Å². The first-order valence-corrected chi connectivity index (χ1v) is 10.1. The minimum Gasteiger partial charge on any atom is -0.366 e. The van der Waals surface area contributed by atoms with E-state index in [4.69, 9.17) is 0 Å². The van der Waals surface area contributed by atoms with Crippen molar-refractivity contribution >= 4 is 17.5 Å². The van der Waals surface area contributed by atoms with E-state index in [0.29, 0.717) is 49.1 Å². The van der Waals surface area contributed by atoms with Crippen molar-refractivity contribution in [2.75, 3.05) is 69.2 Å². The van der Waals surface area contributed by atoms with E-state index in [-0.39, 0.29) is 11.7 Å². The van der Waals surface area contributed by atoms with E-state index >= 15 is 0 Å². The van der Waals surface area contributed by atoms with Gasteiger partial charge < -0.3 is 19.6 Å². The molecule has 2 aliphatic rings. The zero-order valence-electron chi connectivity index (χ0n) is 17.0. The monoisotopic (exact) mass is 398 g/mol. The largest absolute Gasteiger partial charge is 0.366 e. The van der Waals surface area contributed by atoms with Gasteiger partial charge in [0.15, 0.2) is 0 Å².